The number of hydrogen-bond donors (Lipinski definition) is 1. The second-order valence-electron chi connectivity index (χ2n) is 2.34. The van der Waals surface area contributed by atoms with Gasteiger partial charge in [-0.25, -0.2) is 13.2 Å². The maximum Gasteiger partial charge on any atom is 0.272 e. The first-order valence-corrected chi connectivity index (χ1v) is 3.20. The average Bonchev–Trinajstić information content (AvgIpc) is 1.82. The van der Waals surface area contributed by atoms with Crippen LogP contribution in [0.1, 0.15) is 17.7 Å². The van der Waals surface area contributed by atoms with Gasteiger partial charge in [0, 0.05) is 5.69 Å². The molecule has 0 fully saturated rings. The zero-order valence-corrected chi connectivity index (χ0v) is 6.20. The molecule has 5 heteroatoms. The van der Waals surface area contributed by atoms with Gasteiger partial charge in [-0.05, 0) is 13.0 Å². The highest BCUT2D eigenvalue weighted by Crippen LogP contribution is 2.17. The molecule has 0 unspecified atom stereocenters. The fourth-order valence-electron chi connectivity index (χ4n) is 0.862. The number of rotatable bonds is 1. The van der Waals surface area contributed by atoms with E-state index in [4.69, 9.17) is 0 Å². The predicted octanol–water partition coefficient (Wildman–Crippen LogP) is 1.76. The van der Waals surface area contributed by atoms with E-state index in [1.54, 1.807) is 0 Å². The summed E-state index contributed by atoms with van der Waals surface area (Å²) in [7, 11) is 0. The molecule has 12 heavy (non-hydrogen) atoms. The van der Waals surface area contributed by atoms with E-state index in [1.807, 2.05) is 0 Å². The minimum atomic E-state index is -3.07. The Balaban J connectivity index is 3.39. The Bertz CT molecular complexity index is 345. The molecule has 0 spiro atoms. The summed E-state index contributed by atoms with van der Waals surface area (Å²) in [4.78, 5) is 12.8. The highest BCUT2D eigenvalue weighted by Gasteiger charge is 2.17. The summed E-state index contributed by atoms with van der Waals surface area (Å²) >= 11 is 0. The van der Waals surface area contributed by atoms with E-state index in [2.05, 4.69) is 4.98 Å². The van der Waals surface area contributed by atoms with Gasteiger partial charge in [-0.1, -0.05) is 0 Å². The Hall–Kier alpha value is -1.26. The third kappa shape index (κ3) is 1.49. The van der Waals surface area contributed by atoms with Gasteiger partial charge in [0.25, 0.3) is 12.0 Å². The van der Waals surface area contributed by atoms with Crippen LogP contribution in [0.4, 0.5) is 13.2 Å². The molecular weight excluding hydrogens is 171 g/mol. The quantitative estimate of drug-likeness (QED) is 0.696. The molecule has 0 bridgehead atoms. The molecule has 66 valence electrons. The molecule has 0 aromatic carbocycles. The molecule has 0 radical (unpaired) electrons. The van der Waals surface area contributed by atoms with Crippen LogP contribution < -0.4 is 5.56 Å². The van der Waals surface area contributed by atoms with E-state index in [0.717, 1.165) is 6.07 Å². The Labute approximate surface area is 66.0 Å². The molecule has 1 aromatic rings. The lowest BCUT2D eigenvalue weighted by Crippen LogP contribution is -2.16. The van der Waals surface area contributed by atoms with E-state index in [9.17, 15) is 18.0 Å². The summed E-state index contributed by atoms with van der Waals surface area (Å²) < 4.78 is 36.6. The van der Waals surface area contributed by atoms with Crippen molar-refractivity contribution in [1.82, 2.24) is 4.98 Å². The van der Waals surface area contributed by atoms with Crippen molar-refractivity contribution in [2.45, 2.75) is 13.3 Å². The van der Waals surface area contributed by atoms with Gasteiger partial charge in [-0.15, -0.1) is 0 Å². The molecule has 0 atom stereocenters. The summed E-state index contributed by atoms with van der Waals surface area (Å²) in [6, 6.07) is 0.864. The number of aromatic amines is 1. The Morgan fingerprint density at radius 3 is 2.50 bits per heavy atom. The summed E-state index contributed by atoms with van der Waals surface area (Å²) in [5.74, 6) is -1.16. The van der Waals surface area contributed by atoms with Crippen molar-refractivity contribution >= 4 is 0 Å². The molecular formula is C7H6F3NO. The highest BCUT2D eigenvalue weighted by molar-refractivity contribution is 5.17. The third-order valence-electron chi connectivity index (χ3n) is 1.37. The van der Waals surface area contributed by atoms with Crippen molar-refractivity contribution in [1.29, 1.82) is 0 Å². The lowest BCUT2D eigenvalue weighted by Gasteiger charge is -2.00. The van der Waals surface area contributed by atoms with Gasteiger partial charge >= 0.3 is 0 Å². The molecule has 1 N–H and O–H groups in total. The van der Waals surface area contributed by atoms with Crippen LogP contribution >= 0.6 is 0 Å². The van der Waals surface area contributed by atoms with Crippen LogP contribution in [0.3, 0.4) is 0 Å². The number of H-pyrrole nitrogens is 1. The van der Waals surface area contributed by atoms with Crippen molar-refractivity contribution in [3.8, 4) is 0 Å². The van der Waals surface area contributed by atoms with Crippen LogP contribution in [0, 0.1) is 12.7 Å². The molecule has 0 aliphatic carbocycles. The molecule has 0 saturated heterocycles. The van der Waals surface area contributed by atoms with Crippen molar-refractivity contribution in [2.75, 3.05) is 0 Å². The van der Waals surface area contributed by atoms with E-state index >= 15 is 0 Å². The number of nitrogens with one attached hydrogen (secondary N) is 1. The SMILES string of the molecule is Cc1cc(F)c(C(F)F)c(=O)[nH]1. The van der Waals surface area contributed by atoms with E-state index in [0.29, 0.717) is 0 Å². The minimum absolute atomic E-state index is 0.224. The fraction of sp³-hybridized carbons (Fsp3) is 0.286. The van der Waals surface area contributed by atoms with Crippen molar-refractivity contribution in [2.24, 2.45) is 0 Å². The predicted molar refractivity (Wildman–Crippen MR) is 36.7 cm³/mol. The van der Waals surface area contributed by atoms with Gasteiger partial charge in [-0.3, -0.25) is 4.79 Å². The topological polar surface area (TPSA) is 32.9 Å². The summed E-state index contributed by atoms with van der Waals surface area (Å²) in [6.45, 7) is 1.42. The molecule has 0 saturated carbocycles. The first kappa shape index (κ1) is 8.83. The first-order chi connectivity index (χ1) is 5.52. The third-order valence-corrected chi connectivity index (χ3v) is 1.37. The zero-order valence-electron chi connectivity index (χ0n) is 6.20. The van der Waals surface area contributed by atoms with E-state index in [1.165, 1.54) is 6.92 Å². The van der Waals surface area contributed by atoms with Crippen LogP contribution in [0.5, 0.6) is 0 Å². The average molecular weight is 177 g/mol. The van der Waals surface area contributed by atoms with Crippen LogP contribution in [0.2, 0.25) is 0 Å². The monoisotopic (exact) mass is 177 g/mol. The van der Waals surface area contributed by atoms with Gasteiger partial charge in [-0.2, -0.15) is 0 Å². The number of aryl methyl sites for hydroxylation is 1. The molecule has 1 heterocycles. The number of pyridine rings is 1. The second-order valence-corrected chi connectivity index (χ2v) is 2.34. The Morgan fingerprint density at radius 2 is 2.08 bits per heavy atom. The molecule has 0 amide bonds. The summed E-state index contributed by atoms with van der Waals surface area (Å²) in [5, 5.41) is 0. The Kier molecular flexibility index (Phi) is 2.21. The molecule has 2 nitrogen and oxygen atoms in total. The minimum Gasteiger partial charge on any atom is -0.326 e. The maximum absolute atomic E-state index is 12.7. The molecule has 0 aliphatic rings. The fourth-order valence-corrected chi connectivity index (χ4v) is 0.862. The van der Waals surface area contributed by atoms with Crippen LogP contribution in [0.15, 0.2) is 10.9 Å². The second kappa shape index (κ2) is 3.00. The zero-order chi connectivity index (χ0) is 9.30. The number of alkyl halides is 2. The Morgan fingerprint density at radius 1 is 1.50 bits per heavy atom. The number of aromatic nitrogens is 1. The van der Waals surface area contributed by atoms with Crippen LogP contribution in [-0.4, -0.2) is 4.98 Å². The lowest BCUT2D eigenvalue weighted by atomic mass is 10.2. The van der Waals surface area contributed by atoms with Gasteiger partial charge < -0.3 is 4.98 Å². The molecule has 1 rings (SSSR count). The number of hydrogen-bond acceptors (Lipinski definition) is 1. The van der Waals surface area contributed by atoms with Crippen molar-refractivity contribution < 1.29 is 13.2 Å². The summed E-state index contributed by atoms with van der Waals surface area (Å²) in [6.07, 6.45) is -3.07. The van der Waals surface area contributed by atoms with E-state index in [-0.39, 0.29) is 5.69 Å². The number of halogens is 3. The highest BCUT2D eigenvalue weighted by atomic mass is 19.3. The van der Waals surface area contributed by atoms with Crippen LogP contribution in [-0.2, 0) is 0 Å². The van der Waals surface area contributed by atoms with Gasteiger partial charge in [0.15, 0.2) is 0 Å². The normalized spacial score (nSPS) is 10.8. The smallest absolute Gasteiger partial charge is 0.272 e. The largest absolute Gasteiger partial charge is 0.326 e. The van der Waals surface area contributed by atoms with Gasteiger partial charge in [0.1, 0.15) is 11.4 Å². The van der Waals surface area contributed by atoms with Crippen molar-refractivity contribution in [3.05, 3.63) is 33.5 Å². The van der Waals surface area contributed by atoms with Gasteiger partial charge in [0.05, 0.1) is 0 Å². The van der Waals surface area contributed by atoms with Crippen LogP contribution in [0.25, 0.3) is 0 Å². The first-order valence-electron chi connectivity index (χ1n) is 3.20. The lowest BCUT2D eigenvalue weighted by molar-refractivity contribution is 0.144. The standard InChI is InChI=1S/C7H6F3NO/c1-3-2-4(8)5(6(9)10)7(12)11-3/h2,6H,1H3,(H,11,12). The molecule has 0 aliphatic heterocycles. The van der Waals surface area contributed by atoms with Crippen molar-refractivity contribution in [3.63, 3.8) is 0 Å². The maximum atomic E-state index is 12.7. The van der Waals surface area contributed by atoms with Gasteiger partial charge in [0.2, 0.25) is 0 Å². The molecule has 1 aromatic heterocycles. The summed E-state index contributed by atoms with van der Waals surface area (Å²) in [5.41, 5.74) is -1.94. The van der Waals surface area contributed by atoms with E-state index < -0.39 is 23.4 Å².